The predicted octanol–water partition coefficient (Wildman–Crippen LogP) is 3.55. The zero-order chi connectivity index (χ0) is 15.6. The molecule has 1 aromatic heterocycles. The summed E-state index contributed by atoms with van der Waals surface area (Å²) in [7, 11) is 0. The Balaban J connectivity index is 2.27. The van der Waals surface area contributed by atoms with Gasteiger partial charge >= 0.3 is 0 Å². The van der Waals surface area contributed by atoms with Crippen molar-refractivity contribution < 1.29 is 9.50 Å². The molecular weight excluding hydrogens is 303 g/mol. The molecule has 22 heavy (non-hydrogen) atoms. The van der Waals surface area contributed by atoms with Gasteiger partial charge in [-0.15, -0.1) is 0 Å². The zero-order valence-corrected chi connectivity index (χ0v) is 12.2. The van der Waals surface area contributed by atoms with Gasteiger partial charge < -0.3 is 5.11 Å². The lowest BCUT2D eigenvalue weighted by Crippen LogP contribution is -2.29. The van der Waals surface area contributed by atoms with Gasteiger partial charge in [-0.25, -0.2) is 14.4 Å². The van der Waals surface area contributed by atoms with E-state index < -0.39 is 5.60 Å². The molecule has 0 bridgehead atoms. The predicted molar refractivity (Wildman–Crippen MR) is 82.0 cm³/mol. The maximum Gasteiger partial charge on any atom is 0.144 e. The third-order valence-corrected chi connectivity index (χ3v) is 3.83. The number of halogens is 2. The van der Waals surface area contributed by atoms with Gasteiger partial charge in [0.15, 0.2) is 0 Å². The van der Waals surface area contributed by atoms with Crippen molar-refractivity contribution in [3.63, 3.8) is 0 Å². The SMILES string of the molecule is O[C@](c1ccc(F)cc1)(c1cncnc1)c1ccccc1Cl. The molecule has 0 aliphatic heterocycles. The summed E-state index contributed by atoms with van der Waals surface area (Å²) in [4.78, 5) is 7.92. The molecule has 3 rings (SSSR count). The van der Waals surface area contributed by atoms with Gasteiger partial charge in [-0.3, -0.25) is 0 Å². The Morgan fingerprint density at radius 2 is 1.55 bits per heavy atom. The first-order chi connectivity index (χ1) is 10.6. The zero-order valence-electron chi connectivity index (χ0n) is 11.4. The minimum Gasteiger partial charge on any atom is -0.376 e. The maximum absolute atomic E-state index is 13.2. The number of nitrogens with zero attached hydrogens (tertiary/aromatic N) is 2. The van der Waals surface area contributed by atoms with Crippen LogP contribution in [0.15, 0.2) is 67.3 Å². The lowest BCUT2D eigenvalue weighted by molar-refractivity contribution is 0.125. The molecule has 0 aliphatic carbocycles. The van der Waals surface area contributed by atoms with Gasteiger partial charge in [0.25, 0.3) is 0 Å². The van der Waals surface area contributed by atoms with Crippen LogP contribution in [0.2, 0.25) is 5.02 Å². The van der Waals surface area contributed by atoms with Crippen molar-refractivity contribution >= 4 is 11.6 Å². The van der Waals surface area contributed by atoms with E-state index in [9.17, 15) is 9.50 Å². The summed E-state index contributed by atoms with van der Waals surface area (Å²) in [6, 6.07) is 12.6. The van der Waals surface area contributed by atoms with Crippen LogP contribution in [0.4, 0.5) is 4.39 Å². The molecule has 0 unspecified atom stereocenters. The van der Waals surface area contributed by atoms with E-state index in [2.05, 4.69) is 9.97 Å². The van der Waals surface area contributed by atoms with Crippen LogP contribution < -0.4 is 0 Å². The van der Waals surface area contributed by atoms with Crippen LogP contribution >= 0.6 is 11.6 Å². The Morgan fingerprint density at radius 3 is 2.18 bits per heavy atom. The van der Waals surface area contributed by atoms with E-state index in [0.29, 0.717) is 21.7 Å². The second-order valence-corrected chi connectivity index (χ2v) is 5.23. The molecular formula is C17H12ClFN2O. The first-order valence-electron chi connectivity index (χ1n) is 6.61. The van der Waals surface area contributed by atoms with E-state index in [0.717, 1.165) is 0 Å². The summed E-state index contributed by atoms with van der Waals surface area (Å²) in [6.07, 6.45) is 4.40. The second kappa shape index (κ2) is 5.83. The summed E-state index contributed by atoms with van der Waals surface area (Å²) in [5.74, 6) is -0.380. The fraction of sp³-hybridized carbons (Fsp3) is 0.0588. The molecule has 0 aliphatic rings. The van der Waals surface area contributed by atoms with Crippen LogP contribution in [-0.2, 0) is 5.60 Å². The first kappa shape index (κ1) is 14.6. The number of rotatable bonds is 3. The van der Waals surface area contributed by atoms with Gasteiger partial charge in [-0.05, 0) is 23.8 Å². The van der Waals surface area contributed by atoms with E-state index in [1.807, 2.05) is 0 Å². The fourth-order valence-corrected chi connectivity index (χ4v) is 2.68. The molecule has 110 valence electrons. The Morgan fingerprint density at radius 1 is 0.909 bits per heavy atom. The standard InChI is InChI=1S/C17H12ClFN2O/c18-16-4-2-1-3-15(16)17(22,13-9-20-11-21-10-13)12-5-7-14(19)8-6-12/h1-11,22H/t17-/m1/s1. The molecule has 0 radical (unpaired) electrons. The molecule has 1 N–H and O–H groups in total. The van der Waals surface area contributed by atoms with E-state index in [1.165, 1.54) is 43.0 Å². The Kier molecular flexibility index (Phi) is 3.88. The number of aromatic nitrogens is 2. The number of aliphatic hydroxyl groups is 1. The van der Waals surface area contributed by atoms with Crippen molar-refractivity contribution in [2.24, 2.45) is 0 Å². The smallest absolute Gasteiger partial charge is 0.144 e. The van der Waals surface area contributed by atoms with E-state index in [1.54, 1.807) is 24.3 Å². The first-order valence-corrected chi connectivity index (χ1v) is 6.99. The average Bonchev–Trinajstić information content (AvgIpc) is 2.56. The van der Waals surface area contributed by atoms with Gasteiger partial charge in [0.05, 0.1) is 0 Å². The summed E-state index contributed by atoms with van der Waals surface area (Å²) >= 11 is 6.26. The highest BCUT2D eigenvalue weighted by molar-refractivity contribution is 6.31. The lowest BCUT2D eigenvalue weighted by atomic mass is 9.81. The van der Waals surface area contributed by atoms with Gasteiger partial charge in [0.2, 0.25) is 0 Å². The highest BCUT2D eigenvalue weighted by Gasteiger charge is 2.36. The summed E-state index contributed by atoms with van der Waals surface area (Å²) in [5.41, 5.74) is -0.141. The van der Waals surface area contributed by atoms with Crippen molar-refractivity contribution in [2.75, 3.05) is 0 Å². The molecule has 0 spiro atoms. The summed E-state index contributed by atoms with van der Waals surface area (Å²) in [6.45, 7) is 0. The van der Waals surface area contributed by atoms with Crippen LogP contribution in [0, 0.1) is 5.82 Å². The van der Waals surface area contributed by atoms with Crippen LogP contribution in [0.5, 0.6) is 0 Å². The monoisotopic (exact) mass is 314 g/mol. The highest BCUT2D eigenvalue weighted by Crippen LogP contribution is 2.39. The molecule has 1 atom stereocenters. The quantitative estimate of drug-likeness (QED) is 0.804. The van der Waals surface area contributed by atoms with Crippen molar-refractivity contribution in [3.8, 4) is 0 Å². The van der Waals surface area contributed by atoms with Gasteiger partial charge in [0, 0.05) is 28.5 Å². The van der Waals surface area contributed by atoms with Gasteiger partial charge in [0.1, 0.15) is 17.7 Å². The molecule has 2 aromatic carbocycles. The average molecular weight is 315 g/mol. The molecule has 5 heteroatoms. The van der Waals surface area contributed by atoms with E-state index in [-0.39, 0.29) is 5.82 Å². The lowest BCUT2D eigenvalue weighted by Gasteiger charge is -2.30. The third kappa shape index (κ3) is 2.47. The molecule has 0 fully saturated rings. The highest BCUT2D eigenvalue weighted by atomic mass is 35.5. The van der Waals surface area contributed by atoms with Crippen molar-refractivity contribution in [2.45, 2.75) is 5.60 Å². The third-order valence-electron chi connectivity index (χ3n) is 3.50. The summed E-state index contributed by atoms with van der Waals surface area (Å²) < 4.78 is 13.2. The second-order valence-electron chi connectivity index (χ2n) is 4.82. The number of hydrogen-bond donors (Lipinski definition) is 1. The van der Waals surface area contributed by atoms with Crippen LogP contribution in [0.25, 0.3) is 0 Å². The minimum absolute atomic E-state index is 0.380. The van der Waals surface area contributed by atoms with Crippen LogP contribution in [0.3, 0.4) is 0 Å². The fourth-order valence-electron chi connectivity index (χ4n) is 2.41. The van der Waals surface area contributed by atoms with E-state index >= 15 is 0 Å². The Labute approximate surface area is 132 Å². The molecule has 1 heterocycles. The summed E-state index contributed by atoms with van der Waals surface area (Å²) in [5, 5.41) is 11.8. The topological polar surface area (TPSA) is 46.0 Å². The largest absolute Gasteiger partial charge is 0.376 e. The molecule has 3 aromatic rings. The normalized spacial score (nSPS) is 13.6. The molecule has 3 nitrogen and oxygen atoms in total. The maximum atomic E-state index is 13.2. The van der Waals surface area contributed by atoms with Crippen molar-refractivity contribution in [1.29, 1.82) is 0 Å². The van der Waals surface area contributed by atoms with Crippen molar-refractivity contribution in [3.05, 3.63) is 94.8 Å². The minimum atomic E-state index is -1.56. The number of hydrogen-bond acceptors (Lipinski definition) is 3. The van der Waals surface area contributed by atoms with Gasteiger partial charge in [-0.1, -0.05) is 41.9 Å². The molecule has 0 amide bonds. The Bertz CT molecular complexity index is 780. The molecule has 0 saturated heterocycles. The number of benzene rings is 2. The van der Waals surface area contributed by atoms with Crippen LogP contribution in [-0.4, -0.2) is 15.1 Å². The van der Waals surface area contributed by atoms with Crippen LogP contribution in [0.1, 0.15) is 16.7 Å². The van der Waals surface area contributed by atoms with Crippen molar-refractivity contribution in [1.82, 2.24) is 9.97 Å². The molecule has 0 saturated carbocycles. The van der Waals surface area contributed by atoms with Gasteiger partial charge in [-0.2, -0.15) is 0 Å². The Hall–Kier alpha value is -2.30. The van der Waals surface area contributed by atoms with E-state index in [4.69, 9.17) is 11.6 Å².